The van der Waals surface area contributed by atoms with Crippen molar-refractivity contribution in [3.05, 3.63) is 0 Å². The molecule has 5 amide bonds. The molecule has 5 heterocycles. The van der Waals surface area contributed by atoms with Gasteiger partial charge in [-0.2, -0.15) is 0 Å². The normalized spacial score (nSPS) is 22.1. The van der Waals surface area contributed by atoms with Gasteiger partial charge in [0.15, 0.2) is 0 Å². The first-order valence-electron chi connectivity index (χ1n) is 43.7. The number of phosphoric ester groups is 1. The van der Waals surface area contributed by atoms with Crippen LogP contribution in [0.5, 0.6) is 0 Å². The van der Waals surface area contributed by atoms with E-state index < -0.39 is 26.1 Å². The number of aliphatic hydroxyl groups is 1. The Bertz CT molecular complexity index is 2890. The van der Waals surface area contributed by atoms with Crippen LogP contribution in [0.15, 0.2) is 0 Å². The number of nitrogens with one attached hydrogen (secondary N) is 1. The van der Waals surface area contributed by atoms with Gasteiger partial charge in [-0.15, -0.1) is 0 Å². The number of ether oxygens (including phenoxy) is 7. The van der Waals surface area contributed by atoms with Crippen LogP contribution in [0.2, 0.25) is 0 Å². The van der Waals surface area contributed by atoms with Crippen molar-refractivity contribution >= 4 is 119 Å². The minimum absolute atomic E-state index is 0.00128. The zero-order valence-corrected chi connectivity index (χ0v) is 82.3. The van der Waals surface area contributed by atoms with Gasteiger partial charge in [-0.3, -0.25) is 47.4 Å². The van der Waals surface area contributed by atoms with Crippen molar-refractivity contribution < 1.29 is 95.1 Å². The molecule has 5 rings (SSSR count). The van der Waals surface area contributed by atoms with E-state index in [-0.39, 0.29) is 196 Å². The summed E-state index contributed by atoms with van der Waals surface area (Å²) in [4.78, 5) is 119. The Morgan fingerprint density at radius 2 is 0.805 bits per heavy atom. The zero-order valence-electron chi connectivity index (χ0n) is 76.5. The number of carbonyl (C=O) groups is 8. The number of likely N-dealkylation sites (tertiary alicyclic amines) is 5. The molecule has 0 aromatic carbocycles. The number of aliphatic hydroxyl groups excluding tert-OH is 1. The second-order valence-electron chi connectivity index (χ2n) is 35.0. The number of hydrogen-bond donors (Lipinski definition) is 3. The second kappa shape index (κ2) is 61.6. The fourth-order valence-corrected chi connectivity index (χ4v) is 20.5. The van der Waals surface area contributed by atoms with Crippen LogP contribution in [-0.4, -0.2) is 297 Å². The molecule has 11 atom stereocenters. The molecule has 5 fully saturated rings. The van der Waals surface area contributed by atoms with Gasteiger partial charge in [-0.1, -0.05) is 140 Å². The van der Waals surface area contributed by atoms with Crippen molar-refractivity contribution in [1.82, 2.24) is 29.8 Å². The van der Waals surface area contributed by atoms with E-state index in [1.165, 1.54) is 17.7 Å². The van der Waals surface area contributed by atoms with Crippen LogP contribution in [0, 0.1) is 17.8 Å². The summed E-state index contributed by atoms with van der Waals surface area (Å²) in [5.74, 6) is 4.51. The lowest BCUT2D eigenvalue weighted by Gasteiger charge is -2.26. The molecule has 0 aromatic heterocycles. The lowest BCUT2D eigenvalue weighted by molar-refractivity contribution is -0.139. The van der Waals surface area contributed by atoms with E-state index in [1.807, 2.05) is 159 Å². The molecule has 0 aromatic rings. The van der Waals surface area contributed by atoms with Gasteiger partial charge >= 0.3 is 7.82 Å². The number of Topliss-reactive ketones (excluding diaryl/α,β-unsaturated/α-hetero) is 3. The fourth-order valence-electron chi connectivity index (χ4n) is 13.6. The third kappa shape index (κ3) is 50.5. The number of amides is 5. The van der Waals surface area contributed by atoms with Crippen molar-refractivity contribution in [3.63, 3.8) is 0 Å². The van der Waals surface area contributed by atoms with E-state index in [1.54, 1.807) is 63.8 Å². The molecule has 3 N–H and O–H groups in total. The summed E-state index contributed by atoms with van der Waals surface area (Å²) < 4.78 is 64.6. The molecule has 690 valence electrons. The Morgan fingerprint density at radius 3 is 1.25 bits per heavy atom. The molecule has 5 aliphatic heterocycles. The molecule has 5 aliphatic rings. The van der Waals surface area contributed by atoms with E-state index in [0.717, 1.165) is 49.0 Å². The molecular weight excluding hydrogens is 1650 g/mol. The standard InChI is InChI=1S/C33H60N3O10PS2.C19H37NO3S2.C17H31NO4.C16H31NO3S2/c1-23(2)31(39)13-16-49-48-15-8-10-32(40)36-20-30(18-27(36)21-44-25(5)6)46-47(42,43)45-22-26-17-29(38)19-35(26)33(41)12-11-28(37)9-7-14-34-24(3)4;1-14(2)8-7-9-24-25-13-19(21)20-11-18(23-16(5)6)10-17(20)12-22-15(3)4;1-11(2)16(19)8-17(20)18-9-15(22-13(5)6)7-14(18)10-21-12(3)4;1-11(2)19-9-14-7-15(20-12(3)4)8-17(14)16(18)10-21-22-13(5)6/h23-27,29-30,34,38H,7-22H2,1-6H3,(H,42,43);14-18H,7-13H2,1-6H3;2*11-15H,7-10H2,1-6H3/t26-,27-,29+,30+;17-,18+;2*14-,15+/m0000/s1. The van der Waals surface area contributed by atoms with Crippen LogP contribution in [0.1, 0.15) is 262 Å². The molecule has 0 saturated carbocycles. The number of β-amino-alcohol motifs (C(OH)–C–C–N with tert-alkyl or cyclic N) is 1. The van der Waals surface area contributed by atoms with Crippen molar-refractivity contribution in [2.24, 2.45) is 17.8 Å². The van der Waals surface area contributed by atoms with Gasteiger partial charge in [-0.25, -0.2) is 4.57 Å². The smallest absolute Gasteiger partial charge is 0.391 e. The Balaban J connectivity index is 0.000000576. The van der Waals surface area contributed by atoms with Crippen molar-refractivity contribution in [1.29, 1.82) is 0 Å². The first kappa shape index (κ1) is 112. The topological polar surface area (TPSA) is 305 Å². The zero-order chi connectivity index (χ0) is 88.9. The van der Waals surface area contributed by atoms with Crippen LogP contribution in [0.25, 0.3) is 0 Å². The SMILES string of the molecule is CC(C)CCCSSCC(=O)N1C[C@H](OC(C)C)C[C@H]1COC(C)C.CC(C)NCCCC(=O)CCC(=O)N1C[C@H](O)C[C@H]1COP(=O)(O)O[C@@H]1C[C@@H](COC(C)C)N(C(=O)CCCSSCCC(=O)C(C)C)C1.CC(C)OC[C@@H]1C[C@@H](OC(C)C)CN1C(=O)CC(=O)C(C)C.CC(C)OC[C@@H]1C[C@@H](OC(C)C)CN1C(=O)CSSC(C)C. The lowest BCUT2D eigenvalue weighted by Crippen LogP contribution is -2.40. The molecule has 5 saturated heterocycles. The molecule has 33 heteroatoms. The van der Waals surface area contributed by atoms with Gasteiger partial charge in [0.1, 0.15) is 17.3 Å². The average Bonchev–Trinajstić information content (AvgIpc) is 1.75. The quantitative estimate of drug-likeness (QED) is 0.0220. The maximum absolute atomic E-state index is 13.2. The fraction of sp³-hybridized carbons (Fsp3) is 0.906. The molecule has 0 bridgehead atoms. The summed E-state index contributed by atoms with van der Waals surface area (Å²) in [7, 11) is 5.59. The largest absolute Gasteiger partial charge is 0.472 e. The molecule has 0 spiro atoms. The van der Waals surface area contributed by atoms with Crippen LogP contribution in [0.4, 0.5) is 0 Å². The average molecular weight is 1810 g/mol. The van der Waals surface area contributed by atoms with Gasteiger partial charge < -0.3 is 73.0 Å². The molecule has 118 heavy (non-hydrogen) atoms. The molecular formula is C85H159N6O20PS6. The van der Waals surface area contributed by atoms with Crippen molar-refractivity contribution in [3.8, 4) is 0 Å². The van der Waals surface area contributed by atoms with Crippen LogP contribution >= 0.6 is 72.6 Å². The first-order valence-corrected chi connectivity index (χ1v) is 52.5. The van der Waals surface area contributed by atoms with E-state index in [0.29, 0.717) is 101 Å². The van der Waals surface area contributed by atoms with Crippen LogP contribution < -0.4 is 5.32 Å². The summed E-state index contributed by atoms with van der Waals surface area (Å²) in [6.07, 6.45) is 7.81. The molecule has 0 radical (unpaired) electrons. The highest BCUT2D eigenvalue weighted by Gasteiger charge is 2.44. The van der Waals surface area contributed by atoms with Gasteiger partial charge in [0.05, 0.1) is 154 Å². The summed E-state index contributed by atoms with van der Waals surface area (Å²) in [6.45, 7) is 52.8. The third-order valence-electron chi connectivity index (χ3n) is 19.4. The molecule has 26 nitrogen and oxygen atoms in total. The number of phosphoric acid groups is 1. The van der Waals surface area contributed by atoms with E-state index in [2.05, 4.69) is 33.0 Å². The highest BCUT2D eigenvalue weighted by Crippen LogP contribution is 2.47. The van der Waals surface area contributed by atoms with Crippen LogP contribution in [0.3, 0.4) is 0 Å². The van der Waals surface area contributed by atoms with Gasteiger partial charge in [0.25, 0.3) is 0 Å². The number of rotatable bonds is 54. The minimum atomic E-state index is -4.58. The number of nitrogens with zero attached hydrogens (tertiary/aromatic N) is 5. The number of carbonyl (C=O) groups excluding carboxylic acids is 8. The second-order valence-corrected chi connectivity index (χ2v) is 44.6. The summed E-state index contributed by atoms with van der Waals surface area (Å²) in [6, 6.07) is -0.342. The number of ketones is 3. The van der Waals surface area contributed by atoms with E-state index in [4.69, 9.17) is 42.2 Å². The highest BCUT2D eigenvalue weighted by atomic mass is 33.1. The predicted octanol–water partition coefficient (Wildman–Crippen LogP) is 15.0. The van der Waals surface area contributed by atoms with Gasteiger partial charge in [-0.05, 0) is 161 Å². The summed E-state index contributed by atoms with van der Waals surface area (Å²) in [5.41, 5.74) is 0. The monoisotopic (exact) mass is 1810 g/mol. The van der Waals surface area contributed by atoms with E-state index in [9.17, 15) is 52.9 Å². The Labute approximate surface area is 735 Å². The molecule has 0 aliphatic carbocycles. The Kier molecular flexibility index (Phi) is 58.6. The predicted molar refractivity (Wildman–Crippen MR) is 485 cm³/mol. The Hall–Kier alpha value is -1.79. The molecule has 1 unspecified atom stereocenters. The van der Waals surface area contributed by atoms with E-state index >= 15 is 0 Å². The van der Waals surface area contributed by atoms with Crippen molar-refractivity contribution in [2.45, 2.75) is 377 Å². The number of hydrogen-bond acceptors (Lipinski definition) is 26. The van der Waals surface area contributed by atoms with Gasteiger partial charge in [0.2, 0.25) is 29.5 Å². The van der Waals surface area contributed by atoms with Crippen molar-refractivity contribution in [2.75, 3.05) is 101 Å². The Morgan fingerprint density at radius 1 is 0.407 bits per heavy atom. The van der Waals surface area contributed by atoms with Gasteiger partial charge in [0, 0.05) is 105 Å². The maximum atomic E-state index is 13.2. The minimum Gasteiger partial charge on any atom is -0.391 e. The summed E-state index contributed by atoms with van der Waals surface area (Å²) >= 11 is 0. The summed E-state index contributed by atoms with van der Waals surface area (Å²) in [5, 5.41) is 14.0. The maximum Gasteiger partial charge on any atom is 0.472 e. The third-order valence-corrected chi connectivity index (χ3v) is 28.0. The first-order chi connectivity index (χ1) is 55.4. The van der Waals surface area contributed by atoms with Crippen LogP contribution in [-0.2, 0) is 85.1 Å². The lowest BCUT2D eigenvalue weighted by atomic mass is 10.1. The highest BCUT2D eigenvalue weighted by molar-refractivity contribution is 8.77.